The Morgan fingerprint density at radius 1 is 1.24 bits per heavy atom. The highest BCUT2D eigenvalue weighted by Gasteiger charge is 2.55. The van der Waals surface area contributed by atoms with Crippen LogP contribution in [0.5, 0.6) is 0 Å². The van der Waals surface area contributed by atoms with E-state index in [2.05, 4.69) is 23.2 Å². The minimum Gasteiger partial charge on any atom is -0.389 e. The van der Waals surface area contributed by atoms with Crippen molar-refractivity contribution in [2.45, 2.75) is 37.8 Å². The van der Waals surface area contributed by atoms with Crippen LogP contribution in [-0.4, -0.2) is 58.6 Å². The summed E-state index contributed by atoms with van der Waals surface area (Å²) >= 11 is 0. The van der Waals surface area contributed by atoms with Gasteiger partial charge in [-0.2, -0.15) is 8.62 Å². The number of phosphoric ester groups is 1. The Balaban J connectivity index is 2.28. The SMILES string of the molecule is Cc1cn([C@@H]2O[C@H](COP(=O)(O)OP(=O)(O)OP(=O)(O)O)[C@@H](O)[C@@]2(C)N=[N+]=[N-])c(=O)[nH]c1=O. The molecule has 0 spiro atoms. The quantitative estimate of drug-likeness (QED) is 0.100. The summed E-state index contributed by atoms with van der Waals surface area (Å²) in [7, 11) is -16.9. The van der Waals surface area contributed by atoms with Crippen LogP contribution in [0.4, 0.5) is 0 Å². The molecular formula is C11H18N5O14P3. The number of aliphatic hydroxyl groups excluding tert-OH is 1. The van der Waals surface area contributed by atoms with Gasteiger partial charge in [0.1, 0.15) is 11.6 Å². The highest BCUT2D eigenvalue weighted by molar-refractivity contribution is 7.66. The molecule has 19 nitrogen and oxygen atoms in total. The summed E-state index contributed by atoms with van der Waals surface area (Å²) < 4.78 is 51.7. The van der Waals surface area contributed by atoms with Gasteiger partial charge in [-0.3, -0.25) is 18.9 Å². The van der Waals surface area contributed by atoms with Crippen molar-refractivity contribution in [3.05, 3.63) is 43.0 Å². The first-order valence-corrected chi connectivity index (χ1v) is 12.9. The van der Waals surface area contributed by atoms with Crippen molar-refractivity contribution in [1.29, 1.82) is 0 Å². The molecule has 0 saturated carbocycles. The molecule has 0 aliphatic carbocycles. The molecule has 1 saturated heterocycles. The van der Waals surface area contributed by atoms with Crippen LogP contribution in [0.25, 0.3) is 10.4 Å². The number of H-pyrrole nitrogens is 1. The number of aromatic nitrogens is 2. The zero-order valence-electron chi connectivity index (χ0n) is 16.6. The number of aliphatic hydroxyl groups is 1. The second-order valence-electron chi connectivity index (χ2n) is 6.75. The van der Waals surface area contributed by atoms with Crippen molar-refractivity contribution >= 4 is 23.5 Å². The van der Waals surface area contributed by atoms with Crippen LogP contribution in [0.15, 0.2) is 20.9 Å². The van der Waals surface area contributed by atoms with Gasteiger partial charge < -0.3 is 29.4 Å². The van der Waals surface area contributed by atoms with Gasteiger partial charge in [-0.25, -0.2) is 18.5 Å². The minimum atomic E-state index is -5.78. The van der Waals surface area contributed by atoms with E-state index in [0.717, 1.165) is 10.8 Å². The van der Waals surface area contributed by atoms with E-state index in [0.29, 0.717) is 0 Å². The molecule has 0 aromatic carbocycles. The standard InChI is InChI=1S/C11H18N5O14P3/c1-5-3-16(10(19)13-8(5)18)9-11(2,14-15-12)7(17)6(28-9)4-27-32(23,24)30-33(25,26)29-31(20,21)22/h3,6-7,9,17H,4H2,1-2H3,(H,23,24)(H,25,26)(H,13,18,19)(H2,20,21,22)/t6-,7-,9-,11-/m1/s1. The van der Waals surface area contributed by atoms with E-state index in [4.69, 9.17) is 24.9 Å². The minimum absolute atomic E-state index is 0.0488. The Hall–Kier alpha value is -1.68. The molecule has 2 unspecified atom stereocenters. The van der Waals surface area contributed by atoms with Crippen LogP contribution in [0.2, 0.25) is 0 Å². The van der Waals surface area contributed by atoms with E-state index >= 15 is 0 Å². The maximum Gasteiger partial charge on any atom is 0.490 e. The molecule has 1 aliphatic rings. The van der Waals surface area contributed by atoms with Gasteiger partial charge in [-0.05, 0) is 19.4 Å². The molecule has 0 radical (unpaired) electrons. The molecule has 2 rings (SSSR count). The molecule has 1 aromatic heterocycles. The summed E-state index contributed by atoms with van der Waals surface area (Å²) in [5.41, 5.74) is 5.29. The van der Waals surface area contributed by atoms with Gasteiger partial charge in [-0.15, -0.1) is 0 Å². The fraction of sp³-hybridized carbons (Fsp3) is 0.636. The summed E-state index contributed by atoms with van der Waals surface area (Å²) in [6, 6.07) is 0. The second kappa shape index (κ2) is 9.52. The van der Waals surface area contributed by atoms with Crippen LogP contribution in [0.3, 0.4) is 0 Å². The maximum atomic E-state index is 12.2. The zero-order chi connectivity index (χ0) is 25.4. The predicted molar refractivity (Wildman–Crippen MR) is 103 cm³/mol. The van der Waals surface area contributed by atoms with E-state index in [1.807, 2.05) is 4.98 Å². The van der Waals surface area contributed by atoms with Gasteiger partial charge >= 0.3 is 29.2 Å². The molecule has 0 amide bonds. The number of nitrogens with zero attached hydrogens (tertiary/aromatic N) is 4. The summed E-state index contributed by atoms with van der Waals surface area (Å²) in [6.07, 6.45) is -3.92. The Morgan fingerprint density at radius 3 is 2.39 bits per heavy atom. The Labute approximate surface area is 182 Å². The van der Waals surface area contributed by atoms with Crippen molar-refractivity contribution in [2.24, 2.45) is 5.11 Å². The largest absolute Gasteiger partial charge is 0.490 e. The number of rotatable bonds is 9. The lowest BCUT2D eigenvalue weighted by atomic mass is 9.93. The lowest BCUT2D eigenvalue weighted by Crippen LogP contribution is -2.45. The predicted octanol–water partition coefficient (Wildman–Crippen LogP) is -0.484. The van der Waals surface area contributed by atoms with E-state index in [-0.39, 0.29) is 5.56 Å². The van der Waals surface area contributed by atoms with Crippen molar-refractivity contribution in [2.75, 3.05) is 6.61 Å². The molecule has 22 heteroatoms. The first-order chi connectivity index (χ1) is 14.9. The average Bonchev–Trinajstić information content (AvgIpc) is 2.85. The third-order valence-corrected chi connectivity index (χ3v) is 8.03. The van der Waals surface area contributed by atoms with Crippen molar-refractivity contribution in [3.8, 4) is 0 Å². The number of aromatic amines is 1. The summed E-state index contributed by atoms with van der Waals surface area (Å²) in [4.78, 5) is 64.1. The van der Waals surface area contributed by atoms with Crippen molar-refractivity contribution in [3.63, 3.8) is 0 Å². The maximum absolute atomic E-state index is 12.2. The Morgan fingerprint density at radius 2 is 1.85 bits per heavy atom. The third-order valence-electron chi connectivity index (χ3n) is 4.23. The topological polar surface area (TPSA) is 293 Å². The molecule has 2 heterocycles. The number of phosphoric acid groups is 3. The molecule has 1 fully saturated rings. The van der Waals surface area contributed by atoms with E-state index in [9.17, 15) is 33.3 Å². The van der Waals surface area contributed by atoms with Gasteiger partial charge in [0.25, 0.3) is 5.56 Å². The summed E-state index contributed by atoms with van der Waals surface area (Å²) in [6.45, 7) is 1.44. The number of azide groups is 1. The van der Waals surface area contributed by atoms with E-state index in [1.165, 1.54) is 13.8 Å². The number of hydrogen-bond acceptors (Lipinski definition) is 11. The number of nitrogens with one attached hydrogen (secondary N) is 1. The molecule has 6 atom stereocenters. The van der Waals surface area contributed by atoms with Gasteiger partial charge in [-0.1, -0.05) is 5.11 Å². The van der Waals surface area contributed by atoms with Gasteiger partial charge in [0.15, 0.2) is 6.23 Å². The first kappa shape index (κ1) is 27.6. The fourth-order valence-corrected chi connectivity index (χ4v) is 5.84. The summed E-state index contributed by atoms with van der Waals surface area (Å²) in [5.74, 6) is 0. The normalized spacial score (nSPS) is 29.1. The molecule has 33 heavy (non-hydrogen) atoms. The first-order valence-electron chi connectivity index (χ1n) is 8.41. The van der Waals surface area contributed by atoms with Crippen LogP contribution >= 0.6 is 23.5 Å². The van der Waals surface area contributed by atoms with Crippen molar-refractivity contribution < 1.29 is 56.3 Å². The van der Waals surface area contributed by atoms with Gasteiger partial charge in [0.05, 0.1) is 12.7 Å². The van der Waals surface area contributed by atoms with E-state index < -0.39 is 65.3 Å². The summed E-state index contributed by atoms with van der Waals surface area (Å²) in [5, 5.41) is 14.0. The molecule has 1 aliphatic heterocycles. The van der Waals surface area contributed by atoms with Crippen LogP contribution in [0.1, 0.15) is 18.7 Å². The number of hydrogen-bond donors (Lipinski definition) is 6. The van der Waals surface area contributed by atoms with E-state index in [1.54, 1.807) is 0 Å². The molecule has 0 bridgehead atoms. The second-order valence-corrected chi connectivity index (χ2v) is 11.2. The lowest BCUT2D eigenvalue weighted by molar-refractivity contribution is -0.0478. The number of ether oxygens (including phenoxy) is 1. The Bertz CT molecular complexity index is 1220. The van der Waals surface area contributed by atoms with Crippen LogP contribution in [0, 0.1) is 6.92 Å². The van der Waals surface area contributed by atoms with Crippen LogP contribution in [-0.2, 0) is 31.6 Å². The van der Waals surface area contributed by atoms with Gasteiger partial charge in [0, 0.05) is 16.7 Å². The Kier molecular flexibility index (Phi) is 7.95. The monoisotopic (exact) mass is 537 g/mol. The average molecular weight is 537 g/mol. The lowest BCUT2D eigenvalue weighted by Gasteiger charge is -2.28. The number of aryl methyl sites for hydroxylation is 1. The third kappa shape index (κ3) is 6.68. The molecule has 6 N–H and O–H groups in total. The van der Waals surface area contributed by atoms with Crippen LogP contribution < -0.4 is 11.2 Å². The smallest absolute Gasteiger partial charge is 0.389 e. The molecule has 1 aromatic rings. The highest BCUT2D eigenvalue weighted by Crippen LogP contribution is 2.66. The zero-order valence-corrected chi connectivity index (χ0v) is 19.2. The highest BCUT2D eigenvalue weighted by atomic mass is 31.3. The van der Waals surface area contributed by atoms with Crippen molar-refractivity contribution in [1.82, 2.24) is 9.55 Å². The molecule has 186 valence electrons. The van der Waals surface area contributed by atoms with Gasteiger partial charge in [0.2, 0.25) is 0 Å². The molecular weight excluding hydrogens is 519 g/mol. The fourth-order valence-electron chi connectivity index (χ4n) is 2.81.